The number of methoxy groups -OCH3 is 1. The highest BCUT2D eigenvalue weighted by molar-refractivity contribution is 6.22. The maximum atomic E-state index is 12.4. The Morgan fingerprint density at radius 1 is 1.00 bits per heavy atom. The fourth-order valence-corrected chi connectivity index (χ4v) is 3.35. The van der Waals surface area contributed by atoms with Crippen molar-refractivity contribution in [1.29, 1.82) is 0 Å². The number of fused-ring (bicyclic) bond motifs is 2. The monoisotopic (exact) mass is 450 g/mol. The number of nitrogens with zero attached hydrogens (tertiary/aromatic N) is 1. The first kappa shape index (κ1) is 21.9. The fourth-order valence-electron chi connectivity index (χ4n) is 3.35. The Bertz CT molecular complexity index is 1310. The van der Waals surface area contributed by atoms with Crippen LogP contribution in [0.5, 0.6) is 5.75 Å². The predicted octanol–water partition coefficient (Wildman–Crippen LogP) is 1.37. The Morgan fingerprint density at radius 3 is 2.36 bits per heavy atom. The number of imide groups is 1. The van der Waals surface area contributed by atoms with Crippen LogP contribution in [0, 0.1) is 0 Å². The molecule has 168 valence electrons. The summed E-state index contributed by atoms with van der Waals surface area (Å²) in [5, 5.41) is 2.97. The van der Waals surface area contributed by atoms with Crippen molar-refractivity contribution in [1.82, 2.24) is 10.2 Å². The van der Waals surface area contributed by atoms with Crippen LogP contribution < -0.4 is 15.7 Å². The Kier molecular flexibility index (Phi) is 6.01. The molecule has 10 heteroatoms. The molecule has 1 N–H and O–H groups in total. The van der Waals surface area contributed by atoms with Gasteiger partial charge in [0, 0.05) is 25.1 Å². The molecule has 2 aromatic carbocycles. The van der Waals surface area contributed by atoms with Crippen LogP contribution in [0.1, 0.15) is 31.1 Å². The SMILES string of the molecule is COCCNC(=O)c1cc2ccc(OC(=O)CN3C(=O)c4ccccc4C3=O)cc2oc1=O. The summed E-state index contributed by atoms with van der Waals surface area (Å²) in [5.74, 6) is -2.55. The summed E-state index contributed by atoms with van der Waals surface area (Å²) in [7, 11) is 1.49. The summed E-state index contributed by atoms with van der Waals surface area (Å²) >= 11 is 0. The molecule has 3 aromatic rings. The lowest BCUT2D eigenvalue weighted by Gasteiger charge is -2.13. The minimum absolute atomic E-state index is 0.0459. The third-order valence-corrected chi connectivity index (χ3v) is 4.94. The number of nitrogens with one attached hydrogen (secondary N) is 1. The summed E-state index contributed by atoms with van der Waals surface area (Å²) in [6.45, 7) is -0.0518. The van der Waals surface area contributed by atoms with E-state index in [-0.39, 0.29) is 34.6 Å². The lowest BCUT2D eigenvalue weighted by atomic mass is 10.1. The number of carbonyl (C=O) groups excluding carboxylic acids is 4. The van der Waals surface area contributed by atoms with E-state index in [1.807, 2.05) is 0 Å². The Hall–Kier alpha value is -4.31. The molecule has 0 aliphatic carbocycles. The van der Waals surface area contributed by atoms with Crippen molar-refractivity contribution in [3.05, 3.63) is 75.6 Å². The molecular formula is C23H18N2O8. The largest absolute Gasteiger partial charge is 0.425 e. The molecule has 1 aliphatic heterocycles. The summed E-state index contributed by atoms with van der Waals surface area (Å²) in [6.07, 6.45) is 0. The van der Waals surface area contributed by atoms with Gasteiger partial charge >= 0.3 is 11.6 Å². The molecule has 3 amide bonds. The van der Waals surface area contributed by atoms with Gasteiger partial charge in [-0.05, 0) is 30.3 Å². The van der Waals surface area contributed by atoms with E-state index >= 15 is 0 Å². The maximum Gasteiger partial charge on any atom is 0.349 e. The molecule has 0 unspecified atom stereocenters. The first-order valence-corrected chi connectivity index (χ1v) is 9.90. The second-order valence-corrected chi connectivity index (χ2v) is 7.11. The van der Waals surface area contributed by atoms with E-state index in [0.717, 1.165) is 4.90 Å². The van der Waals surface area contributed by atoms with Crippen molar-refractivity contribution in [3.8, 4) is 5.75 Å². The number of ether oxygens (including phenoxy) is 2. The molecule has 0 bridgehead atoms. The first-order valence-electron chi connectivity index (χ1n) is 9.90. The molecule has 0 atom stereocenters. The zero-order valence-electron chi connectivity index (χ0n) is 17.5. The Labute approximate surface area is 186 Å². The molecule has 1 aromatic heterocycles. The number of amides is 3. The zero-order valence-corrected chi connectivity index (χ0v) is 17.5. The second kappa shape index (κ2) is 9.05. The molecule has 1 aliphatic rings. The number of hydrogen-bond acceptors (Lipinski definition) is 8. The maximum absolute atomic E-state index is 12.4. The third-order valence-electron chi connectivity index (χ3n) is 4.94. The normalized spacial score (nSPS) is 12.7. The highest BCUT2D eigenvalue weighted by Gasteiger charge is 2.36. The van der Waals surface area contributed by atoms with Gasteiger partial charge in [0.05, 0.1) is 17.7 Å². The van der Waals surface area contributed by atoms with Gasteiger partial charge in [0.1, 0.15) is 23.4 Å². The molecule has 33 heavy (non-hydrogen) atoms. The van der Waals surface area contributed by atoms with Crippen LogP contribution in [0.25, 0.3) is 11.0 Å². The molecule has 10 nitrogen and oxygen atoms in total. The average molecular weight is 450 g/mol. The van der Waals surface area contributed by atoms with E-state index in [0.29, 0.717) is 12.0 Å². The van der Waals surface area contributed by atoms with E-state index in [1.165, 1.54) is 43.5 Å². The van der Waals surface area contributed by atoms with E-state index in [2.05, 4.69) is 5.32 Å². The number of rotatable bonds is 7. The number of esters is 1. The molecule has 0 radical (unpaired) electrons. The van der Waals surface area contributed by atoms with E-state index < -0.39 is 35.9 Å². The van der Waals surface area contributed by atoms with Gasteiger partial charge in [-0.25, -0.2) is 9.59 Å². The smallest absolute Gasteiger partial charge is 0.349 e. The highest BCUT2D eigenvalue weighted by atomic mass is 16.5. The van der Waals surface area contributed by atoms with Gasteiger partial charge in [-0.1, -0.05) is 12.1 Å². The minimum Gasteiger partial charge on any atom is -0.425 e. The molecule has 0 saturated heterocycles. The molecule has 0 spiro atoms. The summed E-state index contributed by atoms with van der Waals surface area (Å²) in [5.41, 5.74) is -0.477. The Morgan fingerprint density at radius 2 is 1.70 bits per heavy atom. The van der Waals surface area contributed by atoms with Gasteiger partial charge in [-0.15, -0.1) is 0 Å². The van der Waals surface area contributed by atoms with E-state index in [9.17, 15) is 24.0 Å². The Balaban J connectivity index is 1.47. The van der Waals surface area contributed by atoms with Crippen LogP contribution in [-0.4, -0.2) is 55.4 Å². The number of carbonyl (C=O) groups is 4. The predicted molar refractivity (Wildman–Crippen MR) is 114 cm³/mol. The van der Waals surface area contributed by atoms with Crippen LogP contribution in [0.4, 0.5) is 0 Å². The molecule has 0 fully saturated rings. The molecule has 2 heterocycles. The van der Waals surface area contributed by atoms with Crippen molar-refractivity contribution < 1.29 is 33.1 Å². The van der Waals surface area contributed by atoms with Crippen LogP contribution in [-0.2, 0) is 9.53 Å². The van der Waals surface area contributed by atoms with E-state index in [1.54, 1.807) is 12.1 Å². The van der Waals surface area contributed by atoms with Crippen LogP contribution in [0.2, 0.25) is 0 Å². The van der Waals surface area contributed by atoms with Gasteiger partial charge < -0.3 is 19.2 Å². The van der Waals surface area contributed by atoms with Gasteiger partial charge in [-0.3, -0.25) is 19.3 Å². The van der Waals surface area contributed by atoms with Crippen molar-refractivity contribution in [2.24, 2.45) is 0 Å². The topological polar surface area (TPSA) is 132 Å². The molecular weight excluding hydrogens is 432 g/mol. The standard InChI is InChI=1S/C23H18N2O8/c1-31-9-8-24-20(27)17-10-13-6-7-14(11-18(13)33-23(17)30)32-19(26)12-25-21(28)15-4-2-3-5-16(15)22(25)29/h2-7,10-11H,8-9,12H2,1H3,(H,24,27). The van der Waals surface area contributed by atoms with Crippen molar-refractivity contribution >= 4 is 34.7 Å². The molecule has 0 saturated carbocycles. The summed E-state index contributed by atoms with van der Waals surface area (Å²) in [6, 6.07) is 11.9. The van der Waals surface area contributed by atoms with E-state index in [4.69, 9.17) is 13.9 Å². The lowest BCUT2D eigenvalue weighted by Crippen LogP contribution is -2.36. The lowest BCUT2D eigenvalue weighted by molar-refractivity contribution is -0.134. The quantitative estimate of drug-likeness (QED) is 0.188. The van der Waals surface area contributed by atoms with Gasteiger partial charge in [-0.2, -0.15) is 0 Å². The van der Waals surface area contributed by atoms with Gasteiger partial charge in [0.15, 0.2) is 0 Å². The van der Waals surface area contributed by atoms with Crippen LogP contribution in [0.15, 0.2) is 57.7 Å². The van der Waals surface area contributed by atoms with Gasteiger partial charge in [0.2, 0.25) is 0 Å². The highest BCUT2D eigenvalue weighted by Crippen LogP contribution is 2.24. The van der Waals surface area contributed by atoms with Crippen molar-refractivity contribution in [3.63, 3.8) is 0 Å². The second-order valence-electron chi connectivity index (χ2n) is 7.11. The average Bonchev–Trinajstić information content (AvgIpc) is 3.03. The zero-order chi connectivity index (χ0) is 23.5. The van der Waals surface area contributed by atoms with Crippen molar-refractivity contribution in [2.45, 2.75) is 0 Å². The third kappa shape index (κ3) is 4.37. The van der Waals surface area contributed by atoms with Gasteiger partial charge in [0.25, 0.3) is 17.7 Å². The fraction of sp³-hybridized carbons (Fsp3) is 0.174. The van der Waals surface area contributed by atoms with Crippen molar-refractivity contribution in [2.75, 3.05) is 26.8 Å². The summed E-state index contributed by atoms with van der Waals surface area (Å²) < 4.78 is 15.3. The summed E-state index contributed by atoms with van der Waals surface area (Å²) in [4.78, 5) is 62.3. The number of benzene rings is 2. The molecule has 4 rings (SSSR count). The number of hydrogen-bond donors (Lipinski definition) is 1. The van der Waals surface area contributed by atoms with Crippen LogP contribution >= 0.6 is 0 Å². The minimum atomic E-state index is -0.855. The first-order chi connectivity index (χ1) is 15.9. The van der Waals surface area contributed by atoms with Crippen LogP contribution in [0.3, 0.4) is 0 Å².